The Kier molecular flexibility index (Phi) is 2.74. The van der Waals surface area contributed by atoms with Crippen LogP contribution < -0.4 is 5.32 Å². The number of methoxy groups -OCH3 is 1. The average molecular weight is 181 g/mol. The lowest BCUT2D eigenvalue weighted by atomic mass is 10.2. The summed E-state index contributed by atoms with van der Waals surface area (Å²) in [6, 6.07) is 4.55. The largest absolute Gasteiger partial charge is 0.506 e. The van der Waals surface area contributed by atoms with E-state index in [0.29, 0.717) is 11.3 Å². The van der Waals surface area contributed by atoms with Crippen LogP contribution in [0.25, 0.3) is 0 Å². The molecule has 4 heteroatoms. The van der Waals surface area contributed by atoms with E-state index in [1.54, 1.807) is 19.2 Å². The highest BCUT2D eigenvalue weighted by atomic mass is 16.5. The van der Waals surface area contributed by atoms with Crippen LogP contribution in [0.5, 0.6) is 5.75 Å². The van der Waals surface area contributed by atoms with Gasteiger partial charge in [-0.05, 0) is 18.2 Å². The van der Waals surface area contributed by atoms with Crippen molar-refractivity contribution in [3.8, 4) is 5.75 Å². The summed E-state index contributed by atoms with van der Waals surface area (Å²) in [5.74, 6) is -0.427. The Morgan fingerprint density at radius 1 is 1.54 bits per heavy atom. The first kappa shape index (κ1) is 9.38. The second kappa shape index (κ2) is 3.80. The molecule has 1 aromatic carbocycles. The highest BCUT2D eigenvalue weighted by Crippen LogP contribution is 2.23. The first-order valence-corrected chi connectivity index (χ1v) is 3.78. The average Bonchev–Trinajstić information content (AvgIpc) is 2.16. The van der Waals surface area contributed by atoms with Crippen LogP contribution in [-0.4, -0.2) is 25.2 Å². The van der Waals surface area contributed by atoms with Gasteiger partial charge in [0.05, 0.1) is 18.4 Å². The van der Waals surface area contributed by atoms with E-state index in [4.69, 9.17) is 0 Å². The molecule has 0 bridgehead atoms. The van der Waals surface area contributed by atoms with E-state index in [-0.39, 0.29) is 5.75 Å². The number of nitrogens with one attached hydrogen (secondary N) is 1. The third-order valence-corrected chi connectivity index (χ3v) is 1.69. The minimum Gasteiger partial charge on any atom is -0.506 e. The summed E-state index contributed by atoms with van der Waals surface area (Å²) < 4.78 is 4.49. The fourth-order valence-corrected chi connectivity index (χ4v) is 0.988. The van der Waals surface area contributed by atoms with E-state index >= 15 is 0 Å². The van der Waals surface area contributed by atoms with E-state index in [0.717, 1.165) is 0 Å². The van der Waals surface area contributed by atoms with Gasteiger partial charge in [0.1, 0.15) is 5.75 Å². The number of carbonyl (C=O) groups is 1. The maximum absolute atomic E-state index is 11.0. The van der Waals surface area contributed by atoms with Crippen LogP contribution in [0.1, 0.15) is 10.4 Å². The molecule has 0 aliphatic carbocycles. The normalized spacial score (nSPS) is 9.38. The quantitative estimate of drug-likeness (QED) is 0.532. The summed E-state index contributed by atoms with van der Waals surface area (Å²) in [4.78, 5) is 11.0. The number of phenols is 1. The van der Waals surface area contributed by atoms with Gasteiger partial charge in [0.15, 0.2) is 0 Å². The number of rotatable bonds is 2. The zero-order valence-electron chi connectivity index (χ0n) is 7.50. The van der Waals surface area contributed by atoms with Crippen molar-refractivity contribution in [2.75, 3.05) is 19.5 Å². The van der Waals surface area contributed by atoms with Crippen LogP contribution in [0.3, 0.4) is 0 Å². The summed E-state index contributed by atoms with van der Waals surface area (Å²) in [5.41, 5.74) is 0.909. The molecule has 0 spiro atoms. The minimum atomic E-state index is -0.460. The number of benzene rings is 1. The van der Waals surface area contributed by atoms with Crippen LogP contribution in [0.4, 0.5) is 5.69 Å². The van der Waals surface area contributed by atoms with Gasteiger partial charge in [-0.1, -0.05) is 0 Å². The highest BCUT2D eigenvalue weighted by molar-refractivity contribution is 5.90. The standard InChI is InChI=1S/C9H11NO3/c1-10-7-4-3-6(5-8(7)11)9(12)13-2/h3-5,10-11H,1-2H3. The molecule has 0 aliphatic heterocycles. The Balaban J connectivity index is 3.02. The summed E-state index contributed by atoms with van der Waals surface area (Å²) in [6.07, 6.45) is 0. The monoisotopic (exact) mass is 181 g/mol. The van der Waals surface area contributed by atoms with E-state index in [1.165, 1.54) is 13.2 Å². The van der Waals surface area contributed by atoms with E-state index in [9.17, 15) is 9.90 Å². The molecule has 0 heterocycles. The lowest BCUT2D eigenvalue weighted by Gasteiger charge is -2.04. The zero-order valence-corrected chi connectivity index (χ0v) is 7.50. The number of anilines is 1. The predicted octanol–water partition coefficient (Wildman–Crippen LogP) is 1.22. The number of hydrogen-bond donors (Lipinski definition) is 2. The van der Waals surface area contributed by atoms with Crippen molar-refractivity contribution >= 4 is 11.7 Å². The summed E-state index contributed by atoms with van der Waals surface area (Å²) in [5, 5.41) is 12.1. The molecule has 0 aliphatic rings. The second-order valence-electron chi connectivity index (χ2n) is 2.47. The summed E-state index contributed by atoms with van der Waals surface area (Å²) in [7, 11) is 2.98. The number of carbonyl (C=O) groups excluding carboxylic acids is 1. The second-order valence-corrected chi connectivity index (χ2v) is 2.47. The van der Waals surface area contributed by atoms with Gasteiger partial charge >= 0.3 is 5.97 Å². The van der Waals surface area contributed by atoms with Crippen LogP contribution >= 0.6 is 0 Å². The molecule has 0 saturated heterocycles. The van der Waals surface area contributed by atoms with Crippen molar-refractivity contribution in [2.24, 2.45) is 0 Å². The molecule has 0 radical (unpaired) electrons. The fraction of sp³-hybridized carbons (Fsp3) is 0.222. The van der Waals surface area contributed by atoms with Crippen molar-refractivity contribution < 1.29 is 14.6 Å². The molecular weight excluding hydrogens is 170 g/mol. The molecule has 13 heavy (non-hydrogen) atoms. The molecule has 1 rings (SSSR count). The third kappa shape index (κ3) is 1.90. The molecule has 0 atom stereocenters. The first-order chi connectivity index (χ1) is 6.19. The molecule has 1 aromatic rings. The topological polar surface area (TPSA) is 58.6 Å². The SMILES string of the molecule is CNc1ccc(C(=O)OC)cc1O. The van der Waals surface area contributed by atoms with Crippen LogP contribution in [0.15, 0.2) is 18.2 Å². The van der Waals surface area contributed by atoms with Gasteiger partial charge < -0.3 is 15.2 Å². The molecular formula is C9H11NO3. The van der Waals surface area contributed by atoms with Gasteiger partial charge in [-0.15, -0.1) is 0 Å². The predicted molar refractivity (Wildman–Crippen MR) is 49.0 cm³/mol. The van der Waals surface area contributed by atoms with Crippen LogP contribution in [-0.2, 0) is 4.74 Å². The number of esters is 1. The van der Waals surface area contributed by atoms with Gasteiger partial charge in [-0.2, -0.15) is 0 Å². The van der Waals surface area contributed by atoms with Gasteiger partial charge in [0.2, 0.25) is 0 Å². The fourth-order valence-electron chi connectivity index (χ4n) is 0.988. The summed E-state index contributed by atoms with van der Waals surface area (Å²) >= 11 is 0. The molecule has 0 amide bonds. The molecule has 0 aromatic heterocycles. The maximum Gasteiger partial charge on any atom is 0.337 e. The molecule has 70 valence electrons. The Morgan fingerprint density at radius 3 is 2.69 bits per heavy atom. The van der Waals surface area contributed by atoms with Crippen LogP contribution in [0.2, 0.25) is 0 Å². The lowest BCUT2D eigenvalue weighted by Crippen LogP contribution is -2.01. The van der Waals surface area contributed by atoms with Gasteiger partial charge in [-0.3, -0.25) is 0 Å². The van der Waals surface area contributed by atoms with Crippen molar-refractivity contribution in [3.63, 3.8) is 0 Å². The minimum absolute atomic E-state index is 0.0328. The van der Waals surface area contributed by atoms with E-state index < -0.39 is 5.97 Å². The summed E-state index contributed by atoms with van der Waals surface area (Å²) in [6.45, 7) is 0. The van der Waals surface area contributed by atoms with Crippen molar-refractivity contribution in [1.29, 1.82) is 0 Å². The van der Waals surface area contributed by atoms with Crippen molar-refractivity contribution in [2.45, 2.75) is 0 Å². The Labute approximate surface area is 76.1 Å². The smallest absolute Gasteiger partial charge is 0.337 e. The number of ether oxygens (including phenoxy) is 1. The van der Waals surface area contributed by atoms with Gasteiger partial charge in [-0.25, -0.2) is 4.79 Å². The Bertz CT molecular complexity index is 323. The van der Waals surface area contributed by atoms with E-state index in [1.807, 2.05) is 0 Å². The first-order valence-electron chi connectivity index (χ1n) is 3.78. The number of aromatic hydroxyl groups is 1. The zero-order chi connectivity index (χ0) is 9.84. The molecule has 4 nitrogen and oxygen atoms in total. The Hall–Kier alpha value is -1.71. The number of hydrogen-bond acceptors (Lipinski definition) is 4. The van der Waals surface area contributed by atoms with Crippen molar-refractivity contribution in [1.82, 2.24) is 0 Å². The number of phenolic OH excluding ortho intramolecular Hbond substituents is 1. The highest BCUT2D eigenvalue weighted by Gasteiger charge is 2.07. The lowest BCUT2D eigenvalue weighted by molar-refractivity contribution is 0.0600. The van der Waals surface area contributed by atoms with Crippen molar-refractivity contribution in [3.05, 3.63) is 23.8 Å². The maximum atomic E-state index is 11.0. The third-order valence-electron chi connectivity index (χ3n) is 1.69. The Morgan fingerprint density at radius 2 is 2.23 bits per heavy atom. The molecule has 2 N–H and O–H groups in total. The van der Waals surface area contributed by atoms with Gasteiger partial charge in [0, 0.05) is 7.05 Å². The molecule has 0 saturated carbocycles. The molecule has 0 unspecified atom stereocenters. The van der Waals surface area contributed by atoms with Crippen LogP contribution in [0, 0.1) is 0 Å². The molecule has 0 fully saturated rings. The van der Waals surface area contributed by atoms with E-state index in [2.05, 4.69) is 10.1 Å². The van der Waals surface area contributed by atoms with Gasteiger partial charge in [0.25, 0.3) is 0 Å².